The van der Waals surface area contributed by atoms with Crippen molar-refractivity contribution in [2.24, 2.45) is 0 Å². The number of rotatable bonds is 12. The van der Waals surface area contributed by atoms with Crippen molar-refractivity contribution in [2.45, 2.75) is 112 Å². The second kappa shape index (κ2) is 9.66. The molecule has 3 heteroatoms. The van der Waals surface area contributed by atoms with Crippen molar-refractivity contribution >= 4 is 98.5 Å². The van der Waals surface area contributed by atoms with E-state index in [1.165, 1.54) is 72.4 Å². The quantitative estimate of drug-likeness (QED) is 0.108. The summed E-state index contributed by atoms with van der Waals surface area (Å²) in [4.78, 5) is 0. The van der Waals surface area contributed by atoms with Gasteiger partial charge in [0.25, 0.3) is 0 Å². The average Bonchev–Trinajstić information content (AvgIpc) is 3.48. The predicted octanol–water partition coefficient (Wildman–Crippen LogP) is 7.24. The number of benzene rings is 4. The number of hydrogen-bond donors (Lipinski definition) is 0. The molecule has 0 saturated carbocycles. The molecule has 0 aliphatic carbocycles. The van der Waals surface area contributed by atoms with Crippen LogP contribution in [0.15, 0.2) is 36.4 Å². The van der Waals surface area contributed by atoms with Crippen LogP contribution in [0.25, 0.3) is 32.3 Å². The molecule has 0 aromatic heterocycles. The maximum absolute atomic E-state index is 2.79. The molecule has 39 heavy (non-hydrogen) atoms. The van der Waals surface area contributed by atoms with Crippen LogP contribution in [-0.4, -0.2) is 39.8 Å². The Hall–Kier alpha value is -0.711. The summed E-state index contributed by atoms with van der Waals surface area (Å²) >= 11 is -7.28. The second-order valence-electron chi connectivity index (χ2n) is 13.9. The van der Waals surface area contributed by atoms with Gasteiger partial charge in [-0.3, -0.25) is 0 Å². The molecule has 0 amide bonds. The zero-order valence-corrected chi connectivity index (χ0v) is 31.7. The van der Waals surface area contributed by atoms with Crippen LogP contribution in [0.4, 0.5) is 0 Å². The number of hydrogen-bond acceptors (Lipinski definition) is 0. The summed E-state index contributed by atoms with van der Waals surface area (Å²) in [6.45, 7) is 9.68. The standard InChI is InChI=1S/C36H48Ge3/c1-7-11-21-38(22-12-8-2)27-17-15-25-31-32-26(37(25,5)6)16-18-28-34(32)36-30(20-19-29(38)35(36)33(27)31)39(28,23-13-9-3)24-14-10-4/h15-20H,7-14,21-24H2,1-6H3. The number of unbranched alkanes of at least 4 members (excludes halogenated alkanes) is 4. The van der Waals surface area contributed by atoms with Crippen LogP contribution in [-0.2, 0) is 0 Å². The van der Waals surface area contributed by atoms with Crippen molar-refractivity contribution in [3.63, 3.8) is 0 Å². The Balaban J connectivity index is 1.68. The average molecular weight is 699 g/mol. The molecule has 0 radical (unpaired) electrons. The third kappa shape index (κ3) is 3.32. The fourth-order valence-corrected chi connectivity index (χ4v) is 40.4. The summed E-state index contributed by atoms with van der Waals surface area (Å²) in [5.74, 6) is 5.41. The molecule has 4 aromatic carbocycles. The molecule has 0 unspecified atom stereocenters. The third-order valence-corrected chi connectivity index (χ3v) is 41.3. The molecule has 0 N–H and O–H groups in total. The third-order valence-electron chi connectivity index (χ3n) is 11.6. The first kappa shape index (κ1) is 27.1. The first-order valence-electron chi connectivity index (χ1n) is 16.5. The van der Waals surface area contributed by atoms with Crippen LogP contribution < -0.4 is 26.4 Å². The Labute approximate surface area is 244 Å². The maximum atomic E-state index is 2.79. The van der Waals surface area contributed by atoms with Crippen molar-refractivity contribution in [2.75, 3.05) is 0 Å². The predicted molar refractivity (Wildman–Crippen MR) is 185 cm³/mol. The van der Waals surface area contributed by atoms with Gasteiger partial charge in [0.05, 0.1) is 0 Å². The molecular formula is C36H48Ge3. The minimum atomic E-state index is -2.48. The van der Waals surface area contributed by atoms with E-state index in [1.54, 1.807) is 10.8 Å². The van der Waals surface area contributed by atoms with Crippen LogP contribution in [0.5, 0.6) is 0 Å². The van der Waals surface area contributed by atoms with Gasteiger partial charge in [0.15, 0.2) is 0 Å². The van der Waals surface area contributed by atoms with Gasteiger partial charge in [-0.15, -0.1) is 0 Å². The SMILES string of the molecule is CCC[CH2][Ge]1([CH2]CCC)[c]2cc[c]3c4c5[c](cc[c]6c5c5[c](cc[c]1c5c24)[Ge]6([CH2]CCC)[CH2]CCC)[Ge]3([CH3])[CH3]. The normalized spacial score (nSPS) is 18.3. The molecule has 0 saturated heterocycles. The van der Waals surface area contributed by atoms with Crippen LogP contribution >= 0.6 is 0 Å². The van der Waals surface area contributed by atoms with Gasteiger partial charge in [-0.05, 0) is 0 Å². The molecule has 204 valence electrons. The first-order valence-corrected chi connectivity index (χ1v) is 32.9. The molecule has 3 aliphatic rings. The van der Waals surface area contributed by atoms with Crippen molar-refractivity contribution < 1.29 is 0 Å². The van der Waals surface area contributed by atoms with Crippen molar-refractivity contribution in [3.05, 3.63) is 36.4 Å². The Kier molecular flexibility index (Phi) is 6.72. The van der Waals surface area contributed by atoms with Gasteiger partial charge < -0.3 is 0 Å². The van der Waals surface area contributed by atoms with Gasteiger partial charge in [-0.1, -0.05) is 0 Å². The van der Waals surface area contributed by atoms with E-state index in [0.717, 1.165) is 0 Å². The molecule has 7 rings (SSSR count). The zero-order chi connectivity index (χ0) is 27.2. The summed E-state index contributed by atoms with van der Waals surface area (Å²) in [5.41, 5.74) is 0. The van der Waals surface area contributed by atoms with Crippen LogP contribution in [0.1, 0.15) is 79.1 Å². The van der Waals surface area contributed by atoms with E-state index < -0.39 is 39.8 Å². The van der Waals surface area contributed by atoms with E-state index in [1.807, 2.05) is 47.9 Å². The summed E-state index contributed by atoms with van der Waals surface area (Å²) in [7, 11) is 0. The van der Waals surface area contributed by atoms with Crippen molar-refractivity contribution in [1.29, 1.82) is 0 Å². The monoisotopic (exact) mass is 702 g/mol. The van der Waals surface area contributed by atoms with Gasteiger partial charge in [0.2, 0.25) is 0 Å². The molecule has 0 bridgehead atoms. The molecule has 3 heterocycles. The van der Waals surface area contributed by atoms with Gasteiger partial charge in [0.1, 0.15) is 0 Å². The minimum absolute atomic E-state index is 1.34. The van der Waals surface area contributed by atoms with Crippen LogP contribution in [0, 0.1) is 0 Å². The molecule has 0 atom stereocenters. The first-order chi connectivity index (χ1) is 18.9. The second-order valence-corrected chi connectivity index (χ2v) is 40.8. The fraction of sp³-hybridized carbons (Fsp3) is 0.500. The Morgan fingerprint density at radius 3 is 0.872 bits per heavy atom. The molecule has 0 fully saturated rings. The topological polar surface area (TPSA) is 0 Å². The fourth-order valence-electron chi connectivity index (χ4n) is 9.68. The van der Waals surface area contributed by atoms with E-state index in [4.69, 9.17) is 0 Å². The van der Waals surface area contributed by atoms with E-state index in [0.29, 0.717) is 0 Å². The molecule has 4 aromatic rings. The zero-order valence-electron chi connectivity index (χ0n) is 25.4. The van der Waals surface area contributed by atoms with Crippen LogP contribution in [0.3, 0.4) is 0 Å². The summed E-state index contributed by atoms with van der Waals surface area (Å²) < 4.78 is 11.3. The van der Waals surface area contributed by atoms with Crippen molar-refractivity contribution in [1.82, 2.24) is 0 Å². The summed E-state index contributed by atoms with van der Waals surface area (Å²) in [6, 6.07) is 16.5. The van der Waals surface area contributed by atoms with E-state index in [2.05, 4.69) is 75.6 Å². The van der Waals surface area contributed by atoms with Gasteiger partial charge in [-0.2, -0.15) is 0 Å². The summed E-state index contributed by atoms with van der Waals surface area (Å²) in [5, 5.41) is 16.9. The Morgan fingerprint density at radius 2 is 0.615 bits per heavy atom. The van der Waals surface area contributed by atoms with E-state index in [-0.39, 0.29) is 0 Å². The van der Waals surface area contributed by atoms with E-state index in [9.17, 15) is 0 Å². The molecule has 0 nitrogen and oxygen atoms in total. The van der Waals surface area contributed by atoms with Gasteiger partial charge in [-0.25, -0.2) is 0 Å². The summed E-state index contributed by atoms with van der Waals surface area (Å²) in [6.07, 6.45) is 11.0. The molecule has 3 aliphatic heterocycles. The van der Waals surface area contributed by atoms with Gasteiger partial charge in [0, 0.05) is 0 Å². The molecular weight excluding hydrogens is 650 g/mol. The van der Waals surface area contributed by atoms with E-state index >= 15 is 0 Å². The van der Waals surface area contributed by atoms with Crippen LogP contribution in [0.2, 0.25) is 32.5 Å². The molecule has 0 spiro atoms. The van der Waals surface area contributed by atoms with Gasteiger partial charge >= 0.3 is 246 Å². The Bertz CT molecular complexity index is 1510. The van der Waals surface area contributed by atoms with Crippen molar-refractivity contribution in [3.8, 4) is 0 Å². The Morgan fingerprint density at radius 1 is 0.385 bits per heavy atom.